The van der Waals surface area contributed by atoms with Crippen LogP contribution in [0.2, 0.25) is 0 Å². The van der Waals surface area contributed by atoms with Crippen LogP contribution in [0, 0.1) is 0 Å². The Hall–Kier alpha value is -3.35. The van der Waals surface area contributed by atoms with E-state index in [9.17, 15) is 4.79 Å². The fourth-order valence-electron chi connectivity index (χ4n) is 2.11. The molecule has 2 aromatic heterocycles. The summed E-state index contributed by atoms with van der Waals surface area (Å²) in [6, 6.07) is 11.5. The maximum atomic E-state index is 11.4. The number of hydrogen-bond acceptors (Lipinski definition) is 5. The first-order valence-corrected chi connectivity index (χ1v) is 6.56. The molecule has 3 rings (SSSR count). The molecular formula is C15H14N6O. The molecule has 0 saturated heterocycles. The summed E-state index contributed by atoms with van der Waals surface area (Å²) in [5, 5.41) is 9.49. The lowest BCUT2D eigenvalue weighted by Crippen LogP contribution is -2.14. The summed E-state index contributed by atoms with van der Waals surface area (Å²) >= 11 is 0. The first-order valence-electron chi connectivity index (χ1n) is 6.56. The van der Waals surface area contributed by atoms with E-state index in [1.807, 2.05) is 36.4 Å². The monoisotopic (exact) mass is 294 g/mol. The number of carbonyl (C=O) groups excluding carboxylic acids is 1. The van der Waals surface area contributed by atoms with Gasteiger partial charge in [0.05, 0.1) is 0 Å². The Balaban J connectivity index is 1.84. The average Bonchev–Trinajstić information content (AvgIpc) is 2.90. The van der Waals surface area contributed by atoms with E-state index in [1.165, 1.54) is 0 Å². The van der Waals surface area contributed by atoms with Crippen LogP contribution in [-0.4, -0.2) is 21.1 Å². The molecule has 1 aromatic carbocycles. The molecule has 0 aliphatic heterocycles. The fraction of sp³-hybridized carbons (Fsp3) is 0. The molecule has 6 N–H and O–H groups in total. The molecule has 0 bridgehead atoms. The highest BCUT2D eigenvalue weighted by Gasteiger charge is 2.16. The normalized spacial score (nSPS) is 10.4. The molecule has 0 aliphatic carbocycles. The second-order valence-corrected chi connectivity index (χ2v) is 4.67. The number of H-pyrrole nitrogens is 1. The first kappa shape index (κ1) is 13.6. The van der Waals surface area contributed by atoms with Gasteiger partial charge >= 0.3 is 0 Å². The second-order valence-electron chi connectivity index (χ2n) is 4.67. The number of nitrogens with zero attached hydrogens (tertiary/aromatic N) is 2. The molecule has 0 radical (unpaired) electrons. The molecule has 0 saturated carbocycles. The van der Waals surface area contributed by atoms with E-state index in [0.29, 0.717) is 5.82 Å². The standard InChI is InChI=1S/C15H14N6O/c16-13-12(14(17)22)15(21-20-13)19-11-5-3-9(4-6-11)10-2-1-7-18-8-10/h1-8H,(H2,17,22)(H4,16,19,20,21). The summed E-state index contributed by atoms with van der Waals surface area (Å²) in [4.78, 5) is 15.5. The van der Waals surface area contributed by atoms with Gasteiger partial charge in [0.1, 0.15) is 11.4 Å². The minimum absolute atomic E-state index is 0.141. The third kappa shape index (κ3) is 2.59. The van der Waals surface area contributed by atoms with Gasteiger partial charge < -0.3 is 16.8 Å². The van der Waals surface area contributed by atoms with E-state index in [0.717, 1.165) is 16.8 Å². The van der Waals surface area contributed by atoms with Crippen LogP contribution in [0.5, 0.6) is 0 Å². The topological polar surface area (TPSA) is 123 Å². The lowest BCUT2D eigenvalue weighted by molar-refractivity contribution is 0.100. The molecule has 0 unspecified atom stereocenters. The van der Waals surface area contributed by atoms with Gasteiger partial charge in [-0.2, -0.15) is 5.10 Å². The highest BCUT2D eigenvalue weighted by molar-refractivity contribution is 6.02. The largest absolute Gasteiger partial charge is 0.383 e. The summed E-state index contributed by atoms with van der Waals surface area (Å²) in [5.74, 6) is -0.193. The first-order chi connectivity index (χ1) is 10.6. The molecule has 22 heavy (non-hydrogen) atoms. The quantitative estimate of drug-likeness (QED) is 0.585. The zero-order chi connectivity index (χ0) is 15.5. The zero-order valence-corrected chi connectivity index (χ0v) is 11.6. The van der Waals surface area contributed by atoms with Crippen LogP contribution in [0.4, 0.5) is 17.3 Å². The Morgan fingerprint density at radius 3 is 2.55 bits per heavy atom. The molecule has 0 aliphatic rings. The summed E-state index contributed by atoms with van der Waals surface area (Å²) in [6.45, 7) is 0. The van der Waals surface area contributed by atoms with Gasteiger partial charge in [0, 0.05) is 18.1 Å². The number of rotatable bonds is 4. The Morgan fingerprint density at radius 1 is 1.14 bits per heavy atom. The summed E-state index contributed by atoms with van der Waals surface area (Å²) in [5.41, 5.74) is 13.9. The average molecular weight is 294 g/mol. The van der Waals surface area contributed by atoms with E-state index in [4.69, 9.17) is 11.5 Å². The van der Waals surface area contributed by atoms with Crippen molar-refractivity contribution < 1.29 is 4.79 Å². The number of nitrogens with one attached hydrogen (secondary N) is 2. The van der Waals surface area contributed by atoms with Crippen LogP contribution in [0.1, 0.15) is 10.4 Å². The molecule has 7 heteroatoms. The molecule has 3 aromatic rings. The van der Waals surface area contributed by atoms with Crippen LogP contribution < -0.4 is 16.8 Å². The summed E-state index contributed by atoms with van der Waals surface area (Å²) < 4.78 is 0. The molecule has 2 heterocycles. The number of nitrogen functional groups attached to an aromatic ring is 1. The molecular weight excluding hydrogens is 280 g/mol. The molecule has 7 nitrogen and oxygen atoms in total. The van der Waals surface area contributed by atoms with Gasteiger partial charge in [-0.3, -0.25) is 14.9 Å². The Morgan fingerprint density at radius 2 is 1.91 bits per heavy atom. The number of amides is 1. The number of benzene rings is 1. The predicted octanol–water partition coefficient (Wildman–Crippen LogP) is 1.90. The van der Waals surface area contributed by atoms with E-state index in [-0.39, 0.29) is 11.4 Å². The molecule has 0 fully saturated rings. The number of nitrogens with two attached hydrogens (primary N) is 2. The van der Waals surface area contributed by atoms with Crippen molar-refractivity contribution in [3.05, 3.63) is 54.4 Å². The number of anilines is 3. The van der Waals surface area contributed by atoms with Crippen LogP contribution in [-0.2, 0) is 0 Å². The number of carbonyl (C=O) groups is 1. The van der Waals surface area contributed by atoms with Gasteiger partial charge in [-0.25, -0.2) is 0 Å². The van der Waals surface area contributed by atoms with Crippen molar-refractivity contribution in [3.8, 4) is 11.1 Å². The zero-order valence-electron chi connectivity index (χ0n) is 11.6. The lowest BCUT2D eigenvalue weighted by Gasteiger charge is -2.06. The minimum Gasteiger partial charge on any atom is -0.383 e. The van der Waals surface area contributed by atoms with Crippen molar-refractivity contribution in [1.82, 2.24) is 15.2 Å². The fourth-order valence-corrected chi connectivity index (χ4v) is 2.11. The third-order valence-corrected chi connectivity index (χ3v) is 3.18. The highest BCUT2D eigenvalue weighted by atomic mass is 16.1. The van der Waals surface area contributed by atoms with E-state index < -0.39 is 5.91 Å². The molecule has 1 amide bonds. The van der Waals surface area contributed by atoms with Crippen molar-refractivity contribution >= 4 is 23.2 Å². The number of primary amides is 1. The Labute approximate surface area is 126 Å². The van der Waals surface area contributed by atoms with Crippen LogP contribution in [0.3, 0.4) is 0 Å². The van der Waals surface area contributed by atoms with Crippen molar-refractivity contribution in [2.45, 2.75) is 0 Å². The predicted molar refractivity (Wildman–Crippen MR) is 84.5 cm³/mol. The van der Waals surface area contributed by atoms with Crippen LogP contribution in [0.15, 0.2) is 48.8 Å². The van der Waals surface area contributed by atoms with Gasteiger partial charge in [0.25, 0.3) is 5.91 Å². The number of aromatic amines is 1. The maximum Gasteiger partial charge on any atom is 0.256 e. The van der Waals surface area contributed by atoms with E-state index in [2.05, 4.69) is 20.5 Å². The molecule has 110 valence electrons. The third-order valence-electron chi connectivity index (χ3n) is 3.18. The summed E-state index contributed by atoms with van der Waals surface area (Å²) in [6.07, 6.45) is 3.52. The Bertz CT molecular complexity index is 795. The van der Waals surface area contributed by atoms with Gasteiger partial charge in [-0.1, -0.05) is 18.2 Å². The molecule has 0 atom stereocenters. The smallest absolute Gasteiger partial charge is 0.256 e. The number of aromatic nitrogens is 3. The number of hydrogen-bond donors (Lipinski definition) is 4. The van der Waals surface area contributed by atoms with Crippen molar-refractivity contribution in [3.63, 3.8) is 0 Å². The van der Waals surface area contributed by atoms with Gasteiger partial charge in [-0.05, 0) is 29.3 Å². The van der Waals surface area contributed by atoms with Gasteiger partial charge in [-0.15, -0.1) is 0 Å². The molecule has 0 spiro atoms. The highest BCUT2D eigenvalue weighted by Crippen LogP contribution is 2.25. The van der Waals surface area contributed by atoms with Gasteiger partial charge in [0.15, 0.2) is 5.82 Å². The van der Waals surface area contributed by atoms with Crippen LogP contribution >= 0.6 is 0 Å². The van der Waals surface area contributed by atoms with Gasteiger partial charge in [0.2, 0.25) is 0 Å². The van der Waals surface area contributed by atoms with E-state index in [1.54, 1.807) is 12.4 Å². The summed E-state index contributed by atoms with van der Waals surface area (Å²) in [7, 11) is 0. The second kappa shape index (κ2) is 5.57. The SMILES string of the molecule is NC(=O)c1c(Nc2ccc(-c3cccnc3)cc2)n[nH]c1N. The lowest BCUT2D eigenvalue weighted by atomic mass is 10.1. The number of pyridine rings is 1. The van der Waals surface area contributed by atoms with E-state index >= 15 is 0 Å². The maximum absolute atomic E-state index is 11.4. The Kier molecular flexibility index (Phi) is 3.45. The van der Waals surface area contributed by atoms with Crippen molar-refractivity contribution in [2.75, 3.05) is 11.1 Å². The van der Waals surface area contributed by atoms with Crippen molar-refractivity contribution in [1.29, 1.82) is 0 Å². The van der Waals surface area contributed by atoms with Crippen molar-refractivity contribution in [2.24, 2.45) is 5.73 Å². The minimum atomic E-state index is -0.638. The van der Waals surface area contributed by atoms with Crippen LogP contribution in [0.25, 0.3) is 11.1 Å².